The molecule has 24 heavy (non-hydrogen) atoms. The molecular formula is C19H21Cl2N2O+. The number of amides is 1. The predicted octanol–water partition coefficient (Wildman–Crippen LogP) is 2.59. The Kier molecular flexibility index (Phi) is 5.44. The fraction of sp³-hybridized carbons (Fsp3) is 0.316. The monoisotopic (exact) mass is 363 g/mol. The summed E-state index contributed by atoms with van der Waals surface area (Å²) in [6.45, 7) is 2.67. The number of benzene rings is 2. The fourth-order valence-corrected chi connectivity index (χ4v) is 3.61. The van der Waals surface area contributed by atoms with Crippen LogP contribution < -0.4 is 4.90 Å². The maximum atomic E-state index is 12.6. The van der Waals surface area contributed by atoms with Gasteiger partial charge >= 0.3 is 0 Å². The second-order valence-electron chi connectivity index (χ2n) is 6.38. The summed E-state index contributed by atoms with van der Waals surface area (Å²) >= 11 is 12.2. The van der Waals surface area contributed by atoms with Crippen LogP contribution in [0.25, 0.3) is 0 Å². The van der Waals surface area contributed by atoms with Crippen LogP contribution in [0.15, 0.2) is 42.5 Å². The van der Waals surface area contributed by atoms with Gasteiger partial charge in [0.15, 0.2) is 6.54 Å². The van der Waals surface area contributed by atoms with Crippen molar-refractivity contribution in [2.75, 3.05) is 20.1 Å². The summed E-state index contributed by atoms with van der Waals surface area (Å²) in [6.07, 6.45) is 0.934. The van der Waals surface area contributed by atoms with E-state index >= 15 is 0 Å². The van der Waals surface area contributed by atoms with E-state index in [4.69, 9.17) is 23.2 Å². The highest BCUT2D eigenvalue weighted by Gasteiger charge is 2.23. The number of halogens is 2. The van der Waals surface area contributed by atoms with Gasteiger partial charge in [0.05, 0.1) is 12.1 Å². The van der Waals surface area contributed by atoms with Gasteiger partial charge in [-0.3, -0.25) is 4.79 Å². The minimum absolute atomic E-state index is 0.187. The second-order valence-corrected chi connectivity index (χ2v) is 7.22. The van der Waals surface area contributed by atoms with Crippen molar-refractivity contribution in [2.24, 2.45) is 0 Å². The molecule has 0 saturated heterocycles. The molecule has 0 bridgehead atoms. The number of hydrogen-bond donors (Lipinski definition) is 1. The minimum Gasteiger partial charge on any atom is -0.333 e. The first-order valence-electron chi connectivity index (χ1n) is 8.12. The van der Waals surface area contributed by atoms with Crippen LogP contribution in [0.4, 0.5) is 0 Å². The lowest BCUT2D eigenvalue weighted by atomic mass is 10.00. The minimum atomic E-state index is 0.187. The van der Waals surface area contributed by atoms with Crippen LogP contribution in [0.2, 0.25) is 10.0 Å². The summed E-state index contributed by atoms with van der Waals surface area (Å²) in [6, 6.07) is 13.9. The standard InChI is InChI=1S/C19H20Cl2N2O/c1-22(11-16-6-7-17(20)10-18(16)21)13-19(24)23-9-8-14-4-2-3-5-15(14)12-23/h2-7,10H,8-9,11-13H2,1H3/p+1. The molecule has 0 spiro atoms. The summed E-state index contributed by atoms with van der Waals surface area (Å²) < 4.78 is 0. The maximum Gasteiger partial charge on any atom is 0.278 e. The smallest absolute Gasteiger partial charge is 0.278 e. The molecule has 3 nitrogen and oxygen atoms in total. The van der Waals surface area contributed by atoms with E-state index < -0.39 is 0 Å². The van der Waals surface area contributed by atoms with Crippen molar-refractivity contribution in [3.63, 3.8) is 0 Å². The van der Waals surface area contributed by atoms with E-state index in [1.807, 2.05) is 30.1 Å². The summed E-state index contributed by atoms with van der Waals surface area (Å²) in [5.74, 6) is 0.187. The largest absolute Gasteiger partial charge is 0.333 e. The topological polar surface area (TPSA) is 24.8 Å². The lowest BCUT2D eigenvalue weighted by molar-refractivity contribution is -0.885. The number of fused-ring (bicyclic) bond motifs is 1. The molecule has 1 aliphatic heterocycles. The van der Waals surface area contributed by atoms with E-state index in [-0.39, 0.29) is 5.91 Å². The highest BCUT2D eigenvalue weighted by molar-refractivity contribution is 6.35. The van der Waals surface area contributed by atoms with E-state index in [9.17, 15) is 4.79 Å². The lowest BCUT2D eigenvalue weighted by Gasteiger charge is -2.29. The van der Waals surface area contributed by atoms with Gasteiger partial charge in [0, 0.05) is 23.7 Å². The second kappa shape index (κ2) is 7.56. The molecule has 126 valence electrons. The van der Waals surface area contributed by atoms with E-state index in [0.717, 1.165) is 23.4 Å². The van der Waals surface area contributed by atoms with Gasteiger partial charge in [-0.2, -0.15) is 0 Å². The first-order chi connectivity index (χ1) is 11.5. The quantitative estimate of drug-likeness (QED) is 0.886. The maximum absolute atomic E-state index is 12.6. The van der Waals surface area contributed by atoms with Crippen molar-refractivity contribution in [3.8, 4) is 0 Å². The van der Waals surface area contributed by atoms with Crippen molar-refractivity contribution in [3.05, 3.63) is 69.2 Å². The van der Waals surface area contributed by atoms with E-state index in [0.29, 0.717) is 29.7 Å². The Bertz CT molecular complexity index is 748. The van der Waals surface area contributed by atoms with Crippen molar-refractivity contribution < 1.29 is 9.69 Å². The van der Waals surface area contributed by atoms with Gasteiger partial charge in [-0.05, 0) is 29.7 Å². The molecule has 1 N–H and O–H groups in total. The highest BCUT2D eigenvalue weighted by atomic mass is 35.5. The molecular weight excluding hydrogens is 343 g/mol. The molecule has 0 fully saturated rings. The van der Waals surface area contributed by atoms with Crippen LogP contribution in [-0.4, -0.2) is 30.9 Å². The van der Waals surface area contributed by atoms with Gasteiger partial charge in [-0.1, -0.05) is 53.5 Å². The molecule has 1 atom stereocenters. The van der Waals surface area contributed by atoms with Gasteiger partial charge in [-0.15, -0.1) is 0 Å². The number of nitrogens with one attached hydrogen (secondary N) is 1. The van der Waals surface area contributed by atoms with Crippen LogP contribution in [0.3, 0.4) is 0 Å². The molecule has 1 aliphatic rings. The number of carbonyl (C=O) groups is 1. The number of quaternary nitrogens is 1. The first-order valence-corrected chi connectivity index (χ1v) is 8.88. The number of carbonyl (C=O) groups excluding carboxylic acids is 1. The van der Waals surface area contributed by atoms with Crippen LogP contribution in [-0.2, 0) is 24.3 Å². The van der Waals surface area contributed by atoms with Gasteiger partial charge in [-0.25, -0.2) is 0 Å². The molecule has 2 aromatic carbocycles. The highest BCUT2D eigenvalue weighted by Crippen LogP contribution is 2.20. The molecule has 0 radical (unpaired) electrons. The molecule has 1 heterocycles. The molecule has 0 aliphatic carbocycles. The van der Waals surface area contributed by atoms with Gasteiger partial charge in [0.1, 0.15) is 6.54 Å². The van der Waals surface area contributed by atoms with Gasteiger partial charge in [0.2, 0.25) is 0 Å². The Morgan fingerprint density at radius 1 is 1.17 bits per heavy atom. The van der Waals surface area contributed by atoms with E-state index in [1.165, 1.54) is 11.1 Å². The van der Waals surface area contributed by atoms with Gasteiger partial charge < -0.3 is 9.80 Å². The molecule has 1 amide bonds. The van der Waals surface area contributed by atoms with Crippen molar-refractivity contribution in [1.29, 1.82) is 0 Å². The molecule has 0 saturated carbocycles. The van der Waals surface area contributed by atoms with Crippen molar-refractivity contribution in [2.45, 2.75) is 19.5 Å². The summed E-state index contributed by atoms with van der Waals surface area (Å²) in [4.78, 5) is 15.7. The molecule has 2 aromatic rings. The third kappa shape index (κ3) is 4.10. The summed E-state index contributed by atoms with van der Waals surface area (Å²) in [5, 5.41) is 1.28. The fourth-order valence-electron chi connectivity index (χ4n) is 3.13. The number of rotatable bonds is 4. The zero-order valence-corrected chi connectivity index (χ0v) is 15.2. The van der Waals surface area contributed by atoms with E-state index in [2.05, 4.69) is 18.2 Å². The lowest BCUT2D eigenvalue weighted by Crippen LogP contribution is -3.08. The zero-order chi connectivity index (χ0) is 17.1. The Balaban J connectivity index is 1.59. The Morgan fingerprint density at radius 2 is 1.92 bits per heavy atom. The van der Waals surface area contributed by atoms with Gasteiger partial charge in [0.25, 0.3) is 5.91 Å². The van der Waals surface area contributed by atoms with Crippen molar-refractivity contribution >= 4 is 29.1 Å². The zero-order valence-electron chi connectivity index (χ0n) is 13.7. The molecule has 0 aromatic heterocycles. The van der Waals surface area contributed by atoms with Crippen molar-refractivity contribution in [1.82, 2.24) is 4.90 Å². The third-order valence-corrected chi connectivity index (χ3v) is 5.03. The average molecular weight is 364 g/mol. The number of hydrogen-bond acceptors (Lipinski definition) is 1. The Hall–Kier alpha value is -1.55. The summed E-state index contributed by atoms with van der Waals surface area (Å²) in [5.41, 5.74) is 3.63. The predicted molar refractivity (Wildman–Crippen MR) is 97.5 cm³/mol. The van der Waals surface area contributed by atoms with Crippen LogP contribution in [0, 0.1) is 0 Å². The summed E-state index contributed by atoms with van der Waals surface area (Å²) in [7, 11) is 2.01. The molecule has 1 unspecified atom stereocenters. The van der Waals surface area contributed by atoms with Crippen LogP contribution in [0.1, 0.15) is 16.7 Å². The number of likely N-dealkylation sites (N-methyl/N-ethyl adjacent to an activating group) is 1. The molecule has 5 heteroatoms. The number of nitrogens with zero attached hydrogens (tertiary/aromatic N) is 1. The van der Waals surface area contributed by atoms with Crippen LogP contribution >= 0.6 is 23.2 Å². The Labute approximate surface area is 152 Å². The Morgan fingerprint density at radius 3 is 2.67 bits per heavy atom. The third-order valence-electron chi connectivity index (χ3n) is 4.44. The SMILES string of the molecule is C[NH+](CC(=O)N1CCc2ccccc2C1)Cc1ccc(Cl)cc1Cl. The normalized spacial score (nSPS) is 15.0. The van der Waals surface area contributed by atoms with E-state index in [1.54, 1.807) is 6.07 Å². The first kappa shape index (κ1) is 17.3. The average Bonchev–Trinajstić information content (AvgIpc) is 2.57. The van der Waals surface area contributed by atoms with Crippen LogP contribution in [0.5, 0.6) is 0 Å². The molecule has 3 rings (SSSR count).